The number of hydrogen-bond donors (Lipinski definition) is 2. The second kappa shape index (κ2) is 11.6. The highest BCUT2D eigenvalue weighted by Gasteiger charge is 2.66. The zero-order chi connectivity index (χ0) is 32.2. The number of aliphatic hydroxyl groups is 1. The summed E-state index contributed by atoms with van der Waals surface area (Å²) in [7, 11) is -2.88. The maximum Gasteiger partial charge on any atom is 0.268 e. The summed E-state index contributed by atoms with van der Waals surface area (Å²) in [4.78, 5) is 43.6. The second-order valence-electron chi connectivity index (χ2n) is 13.1. The van der Waals surface area contributed by atoms with Gasteiger partial charge in [-0.1, -0.05) is 48.5 Å². The molecule has 1 fully saturated rings. The normalized spacial score (nSPS) is 24.2. The van der Waals surface area contributed by atoms with E-state index in [0.29, 0.717) is 54.9 Å². The topological polar surface area (TPSA) is 121 Å². The number of carbonyl (C=O) groups is 2. The first-order chi connectivity index (χ1) is 22.1. The molecule has 1 aromatic heterocycles. The minimum Gasteiger partial charge on any atom is -0.432 e. The Morgan fingerprint density at radius 1 is 0.957 bits per heavy atom. The Balaban J connectivity index is 1.34. The number of carbonyl (C=O) groups excluding carboxylic acids is 2. The number of aryl methyl sites for hydroxylation is 2. The molecule has 3 aromatic carbocycles. The van der Waals surface area contributed by atoms with E-state index in [1.165, 1.54) is 0 Å². The number of amides is 2. The lowest BCUT2D eigenvalue weighted by atomic mass is 9.82. The maximum absolute atomic E-state index is 14.9. The van der Waals surface area contributed by atoms with Crippen LogP contribution < -0.4 is 9.80 Å². The van der Waals surface area contributed by atoms with Crippen LogP contribution in [0.2, 0.25) is 18.6 Å². The van der Waals surface area contributed by atoms with Gasteiger partial charge in [0.1, 0.15) is 0 Å². The summed E-state index contributed by atoms with van der Waals surface area (Å²) in [6.07, 6.45) is 3.41. The van der Waals surface area contributed by atoms with Crippen molar-refractivity contribution >= 4 is 42.9 Å². The highest BCUT2D eigenvalue weighted by molar-refractivity contribution is 6.71. The highest BCUT2D eigenvalue weighted by Crippen LogP contribution is 2.61. The first-order valence-corrected chi connectivity index (χ1v) is 19.0. The fourth-order valence-electron chi connectivity index (χ4n) is 7.88. The van der Waals surface area contributed by atoms with E-state index in [2.05, 4.69) is 16.4 Å². The van der Waals surface area contributed by atoms with E-state index in [1.807, 2.05) is 92.9 Å². The van der Waals surface area contributed by atoms with Gasteiger partial charge in [0.05, 0.1) is 23.2 Å². The molecule has 46 heavy (non-hydrogen) atoms. The first-order valence-electron chi connectivity index (χ1n) is 16.0. The van der Waals surface area contributed by atoms with Gasteiger partial charge in [-0.15, -0.1) is 5.10 Å². The Hall–Kier alpha value is -4.16. The van der Waals surface area contributed by atoms with E-state index in [9.17, 15) is 19.5 Å². The molecular formula is C35H39N5O5Si. The molecule has 1 saturated heterocycles. The molecule has 0 unspecified atom stereocenters. The van der Waals surface area contributed by atoms with E-state index in [0.717, 1.165) is 16.9 Å². The average Bonchev–Trinajstić information content (AvgIpc) is 3.69. The molecule has 238 valence electrons. The summed E-state index contributed by atoms with van der Waals surface area (Å²) in [5.74, 6) is -0.546. The molecule has 4 atom stereocenters. The Kier molecular flexibility index (Phi) is 7.67. The molecule has 11 heteroatoms. The van der Waals surface area contributed by atoms with Gasteiger partial charge in [0.2, 0.25) is 5.91 Å². The Bertz CT molecular complexity index is 1790. The number of para-hydroxylation sites is 2. The van der Waals surface area contributed by atoms with Gasteiger partial charge in [-0.25, -0.2) is 0 Å². The van der Waals surface area contributed by atoms with Crippen molar-refractivity contribution in [3.8, 4) is 0 Å². The fraction of sp³-hybridized carbons (Fsp3) is 0.371. The average molecular weight is 638 g/mol. The molecule has 2 N–H and O–H groups in total. The molecule has 3 aliphatic rings. The van der Waals surface area contributed by atoms with Crippen molar-refractivity contribution in [2.75, 3.05) is 16.4 Å². The summed E-state index contributed by atoms with van der Waals surface area (Å²) < 4.78 is 8.77. The molecule has 0 radical (unpaired) electrons. The first kappa shape index (κ1) is 30.5. The van der Waals surface area contributed by atoms with Gasteiger partial charge in [0.25, 0.3) is 5.91 Å². The number of anilines is 4. The van der Waals surface area contributed by atoms with Crippen molar-refractivity contribution in [1.82, 2.24) is 15.0 Å². The molecule has 0 bridgehead atoms. The Morgan fingerprint density at radius 2 is 1.72 bits per heavy atom. The van der Waals surface area contributed by atoms with Crippen molar-refractivity contribution in [2.24, 2.45) is 5.92 Å². The standard InChI is InChI=1S/C35H39N5O5Si/c1-23-33(46(2,3)44)31(17-19-38-22-25(18-20-41)36-37-38)45-35(23)28-21-27(39-29-12-8-7-9-24(29)13-16-32(39)42)14-15-30(28)40(34(35)43)26-10-5-4-6-11-26/h4-12,14-15,21-23,31,33,41,44H,13,16-20H2,1-3H3/t23-,31+,33-,35+/m1/s1. The number of benzene rings is 3. The number of fused-ring (bicyclic) bond motifs is 3. The van der Waals surface area contributed by atoms with Crippen molar-refractivity contribution in [3.63, 3.8) is 0 Å². The fourth-order valence-corrected chi connectivity index (χ4v) is 10.5. The van der Waals surface area contributed by atoms with Crippen LogP contribution in [0.5, 0.6) is 0 Å². The quantitative estimate of drug-likeness (QED) is 0.261. The van der Waals surface area contributed by atoms with Crippen LogP contribution in [0.25, 0.3) is 0 Å². The lowest BCUT2D eigenvalue weighted by molar-refractivity contribution is -0.145. The molecule has 3 aliphatic heterocycles. The zero-order valence-corrected chi connectivity index (χ0v) is 27.3. The minimum atomic E-state index is -2.88. The molecule has 10 nitrogen and oxygen atoms in total. The van der Waals surface area contributed by atoms with Gasteiger partial charge >= 0.3 is 0 Å². The van der Waals surface area contributed by atoms with Gasteiger partial charge in [0, 0.05) is 60.6 Å². The van der Waals surface area contributed by atoms with Gasteiger partial charge < -0.3 is 14.6 Å². The molecule has 4 aromatic rings. The summed E-state index contributed by atoms with van der Waals surface area (Å²) >= 11 is 0. The summed E-state index contributed by atoms with van der Waals surface area (Å²) in [6, 6.07) is 23.3. The zero-order valence-electron chi connectivity index (χ0n) is 26.3. The summed E-state index contributed by atoms with van der Waals surface area (Å²) in [5.41, 5.74) is 3.87. The Morgan fingerprint density at radius 3 is 2.48 bits per heavy atom. The Labute approximate surface area is 269 Å². The second-order valence-corrected chi connectivity index (χ2v) is 17.1. The van der Waals surface area contributed by atoms with E-state index in [1.54, 1.807) is 14.5 Å². The lowest BCUT2D eigenvalue weighted by Crippen LogP contribution is -2.45. The number of hydrogen-bond acceptors (Lipinski definition) is 7. The molecule has 4 heterocycles. The van der Waals surface area contributed by atoms with Crippen molar-refractivity contribution in [2.45, 2.75) is 69.5 Å². The smallest absolute Gasteiger partial charge is 0.268 e. The third kappa shape index (κ3) is 4.89. The van der Waals surface area contributed by atoms with Gasteiger partial charge in [0.15, 0.2) is 13.9 Å². The monoisotopic (exact) mass is 637 g/mol. The van der Waals surface area contributed by atoms with Crippen LogP contribution in [0.1, 0.15) is 36.6 Å². The molecule has 1 spiro atoms. The number of nitrogens with zero attached hydrogens (tertiary/aromatic N) is 5. The van der Waals surface area contributed by atoms with Crippen LogP contribution in [-0.4, -0.2) is 57.7 Å². The predicted octanol–water partition coefficient (Wildman–Crippen LogP) is 4.99. The number of aliphatic hydroxyl groups excluding tert-OH is 1. The van der Waals surface area contributed by atoms with E-state index in [-0.39, 0.29) is 29.9 Å². The maximum atomic E-state index is 14.9. The van der Waals surface area contributed by atoms with E-state index in [4.69, 9.17) is 4.74 Å². The molecular weight excluding hydrogens is 599 g/mol. The van der Waals surface area contributed by atoms with Crippen molar-refractivity contribution in [1.29, 1.82) is 0 Å². The summed E-state index contributed by atoms with van der Waals surface area (Å²) in [6.45, 7) is 6.32. The highest BCUT2D eigenvalue weighted by atomic mass is 28.4. The number of aromatic nitrogens is 3. The van der Waals surface area contributed by atoms with Crippen LogP contribution in [0.15, 0.2) is 79.0 Å². The number of ether oxygens (including phenoxy) is 1. The molecule has 7 rings (SSSR count). The van der Waals surface area contributed by atoms with Crippen molar-refractivity contribution in [3.05, 3.63) is 95.8 Å². The van der Waals surface area contributed by atoms with E-state index < -0.39 is 20.0 Å². The van der Waals surface area contributed by atoms with Gasteiger partial charge in [-0.05, 0) is 67.9 Å². The summed E-state index contributed by atoms with van der Waals surface area (Å²) in [5, 5.41) is 17.7. The van der Waals surface area contributed by atoms with Crippen LogP contribution in [0, 0.1) is 5.92 Å². The minimum absolute atomic E-state index is 0.00498. The molecule has 0 aliphatic carbocycles. The SMILES string of the molecule is C[C@@H]1[C@@H]([Si](C)(C)O)[C@H](CCn2cc(CCO)nn2)O[C@@]12C(=O)N(c1ccccc1)c1ccc(N3C(=O)CCc4ccccc43)cc12. The lowest BCUT2D eigenvalue weighted by Gasteiger charge is -2.33. The van der Waals surface area contributed by atoms with Crippen LogP contribution in [-0.2, 0) is 39.3 Å². The van der Waals surface area contributed by atoms with Gasteiger partial charge in [-0.2, -0.15) is 0 Å². The van der Waals surface area contributed by atoms with Crippen LogP contribution in [0.4, 0.5) is 22.7 Å². The van der Waals surface area contributed by atoms with Gasteiger partial charge in [-0.3, -0.25) is 24.1 Å². The third-order valence-corrected chi connectivity index (χ3v) is 12.3. The molecule has 2 amide bonds. The predicted molar refractivity (Wildman–Crippen MR) is 177 cm³/mol. The van der Waals surface area contributed by atoms with E-state index >= 15 is 0 Å². The van der Waals surface area contributed by atoms with Crippen LogP contribution in [0.3, 0.4) is 0 Å². The number of rotatable bonds is 8. The molecule has 0 saturated carbocycles. The van der Waals surface area contributed by atoms with Crippen LogP contribution >= 0.6 is 0 Å². The third-order valence-electron chi connectivity index (χ3n) is 9.83. The van der Waals surface area contributed by atoms with Crippen molar-refractivity contribution < 1.29 is 24.2 Å². The largest absolute Gasteiger partial charge is 0.432 e.